The van der Waals surface area contributed by atoms with Crippen LogP contribution in [0.1, 0.15) is 38.1 Å². The Morgan fingerprint density at radius 1 is 1.26 bits per heavy atom. The van der Waals surface area contributed by atoms with Crippen LogP contribution < -0.4 is 10.6 Å². The number of halogens is 1. The molecule has 0 saturated carbocycles. The van der Waals surface area contributed by atoms with Crippen molar-refractivity contribution in [3.8, 4) is 22.8 Å². The fourth-order valence-corrected chi connectivity index (χ4v) is 3.33. The Morgan fingerprint density at radius 3 is 2.74 bits per heavy atom. The van der Waals surface area contributed by atoms with Gasteiger partial charge < -0.3 is 15.7 Å². The molecule has 4 aromatic heterocycles. The van der Waals surface area contributed by atoms with E-state index in [4.69, 9.17) is 0 Å². The van der Waals surface area contributed by atoms with Crippen LogP contribution in [-0.2, 0) is 0 Å². The van der Waals surface area contributed by atoms with Crippen LogP contribution in [0.4, 0.5) is 10.1 Å². The van der Waals surface area contributed by atoms with Gasteiger partial charge in [-0.2, -0.15) is 10.3 Å². The number of nitrogens with one attached hydrogen (secondary N) is 3. The summed E-state index contributed by atoms with van der Waals surface area (Å²) < 4.78 is 15.8. The fourth-order valence-electron chi connectivity index (χ4n) is 3.33. The molecule has 0 aliphatic carbocycles. The molecule has 0 spiro atoms. The number of pyridine rings is 1. The predicted octanol–water partition coefficient (Wildman–Crippen LogP) is 2.24. The summed E-state index contributed by atoms with van der Waals surface area (Å²) in [6.07, 6.45) is 1.47. The molecule has 11 nitrogen and oxygen atoms in total. The number of alkyl halides is 1. The molecule has 34 heavy (non-hydrogen) atoms. The van der Waals surface area contributed by atoms with Gasteiger partial charge in [0.25, 0.3) is 5.91 Å². The normalized spacial score (nSPS) is 12.8. The van der Waals surface area contributed by atoms with Crippen LogP contribution >= 0.6 is 0 Å². The summed E-state index contributed by atoms with van der Waals surface area (Å²) in [5, 5.41) is 34.0. The van der Waals surface area contributed by atoms with E-state index in [2.05, 4.69) is 41.3 Å². The van der Waals surface area contributed by atoms with Crippen LogP contribution in [0.3, 0.4) is 0 Å². The van der Waals surface area contributed by atoms with Gasteiger partial charge >= 0.3 is 0 Å². The minimum absolute atomic E-state index is 0.0341. The SMILES string of the molecule is CC(C)Nc1cc(-c2ccc3cc(-c4nn[nH]n4)cnn23)ncc1C(=O)NC[C@@H](F)C(C)(C)O. The highest BCUT2D eigenvalue weighted by atomic mass is 19.1. The van der Waals surface area contributed by atoms with Crippen molar-refractivity contribution in [3.63, 3.8) is 0 Å². The number of nitrogens with zero attached hydrogens (tertiary/aromatic N) is 6. The second-order valence-corrected chi connectivity index (χ2v) is 8.78. The lowest BCUT2D eigenvalue weighted by atomic mass is 10.0. The van der Waals surface area contributed by atoms with Gasteiger partial charge in [-0.25, -0.2) is 8.91 Å². The number of aliphatic hydroxyl groups is 1. The van der Waals surface area contributed by atoms with Crippen molar-refractivity contribution in [2.24, 2.45) is 0 Å². The van der Waals surface area contributed by atoms with Crippen LogP contribution in [0, 0.1) is 0 Å². The van der Waals surface area contributed by atoms with E-state index in [0.717, 1.165) is 11.2 Å². The highest BCUT2D eigenvalue weighted by Crippen LogP contribution is 2.27. The third kappa shape index (κ3) is 4.86. The monoisotopic (exact) mass is 467 g/mol. The molecule has 0 unspecified atom stereocenters. The van der Waals surface area contributed by atoms with Crippen molar-refractivity contribution in [1.82, 2.24) is 40.5 Å². The molecule has 12 heteroatoms. The minimum Gasteiger partial charge on any atom is -0.387 e. The Balaban J connectivity index is 1.64. The molecule has 178 valence electrons. The first-order chi connectivity index (χ1) is 16.1. The van der Waals surface area contributed by atoms with Crippen molar-refractivity contribution in [2.45, 2.75) is 45.5 Å². The highest BCUT2D eigenvalue weighted by molar-refractivity contribution is 6.00. The Morgan fingerprint density at radius 2 is 2.06 bits per heavy atom. The smallest absolute Gasteiger partial charge is 0.255 e. The molecular weight excluding hydrogens is 441 g/mol. The number of fused-ring (bicyclic) bond motifs is 1. The van der Waals surface area contributed by atoms with E-state index < -0.39 is 17.7 Å². The number of aromatic nitrogens is 7. The molecule has 0 bridgehead atoms. The molecule has 4 N–H and O–H groups in total. The predicted molar refractivity (Wildman–Crippen MR) is 124 cm³/mol. The number of anilines is 1. The fraction of sp³-hybridized carbons (Fsp3) is 0.364. The topological polar surface area (TPSA) is 146 Å². The zero-order valence-corrected chi connectivity index (χ0v) is 19.2. The second kappa shape index (κ2) is 9.14. The summed E-state index contributed by atoms with van der Waals surface area (Å²) in [5.74, 6) is -0.0493. The largest absolute Gasteiger partial charge is 0.387 e. The molecule has 0 aromatic carbocycles. The molecule has 0 aliphatic rings. The van der Waals surface area contributed by atoms with Crippen LogP contribution in [-0.4, -0.2) is 70.6 Å². The van der Waals surface area contributed by atoms with Gasteiger partial charge in [-0.15, -0.1) is 10.2 Å². The van der Waals surface area contributed by atoms with Crippen LogP contribution in [0.25, 0.3) is 28.3 Å². The van der Waals surface area contributed by atoms with E-state index in [0.29, 0.717) is 22.8 Å². The van der Waals surface area contributed by atoms with Crippen LogP contribution in [0.15, 0.2) is 36.7 Å². The zero-order chi connectivity index (χ0) is 24.5. The molecular formula is C22H26FN9O2. The van der Waals surface area contributed by atoms with Crippen molar-refractivity contribution in [1.29, 1.82) is 0 Å². The molecule has 4 heterocycles. The van der Waals surface area contributed by atoms with Gasteiger partial charge in [-0.05, 0) is 57.2 Å². The van der Waals surface area contributed by atoms with Crippen LogP contribution in [0.5, 0.6) is 0 Å². The van der Waals surface area contributed by atoms with E-state index in [1.165, 1.54) is 20.0 Å². The van der Waals surface area contributed by atoms with Crippen molar-refractivity contribution < 1.29 is 14.3 Å². The molecule has 0 saturated heterocycles. The number of carbonyl (C=O) groups excluding carboxylic acids is 1. The zero-order valence-electron chi connectivity index (χ0n) is 19.2. The maximum Gasteiger partial charge on any atom is 0.255 e. The number of tetrazole rings is 1. The lowest BCUT2D eigenvalue weighted by Gasteiger charge is -2.23. The molecule has 0 fully saturated rings. The minimum atomic E-state index is -1.61. The first kappa shape index (κ1) is 23.2. The van der Waals surface area contributed by atoms with Gasteiger partial charge in [-0.3, -0.25) is 9.78 Å². The summed E-state index contributed by atoms with van der Waals surface area (Å²) >= 11 is 0. The van der Waals surface area contributed by atoms with Gasteiger partial charge in [0.05, 0.1) is 46.5 Å². The average Bonchev–Trinajstić information content (AvgIpc) is 3.45. The third-order valence-electron chi connectivity index (χ3n) is 5.17. The van der Waals surface area contributed by atoms with Crippen molar-refractivity contribution >= 4 is 17.1 Å². The average molecular weight is 468 g/mol. The Hall–Kier alpha value is -3.93. The molecule has 1 amide bonds. The molecule has 1 atom stereocenters. The van der Waals surface area contributed by atoms with E-state index >= 15 is 0 Å². The molecule has 4 aromatic rings. The summed E-state index contributed by atoms with van der Waals surface area (Å²) in [6, 6.07) is 7.44. The number of hydrogen-bond acceptors (Lipinski definition) is 8. The standard InChI is InChI=1S/C22H26FN9O2/c1-12(2)27-16-8-17(24-10-15(16)21(33)25-11-19(23)22(3,4)34)18-6-5-14-7-13(9-26-32(14)18)20-28-30-31-29-20/h5-10,12,19,34H,11H2,1-4H3,(H,24,27)(H,25,33)(H,28,29,30,31)/t19-/m1/s1. The van der Waals surface area contributed by atoms with Crippen molar-refractivity contribution in [3.05, 3.63) is 42.2 Å². The highest BCUT2D eigenvalue weighted by Gasteiger charge is 2.27. The van der Waals surface area contributed by atoms with Crippen LogP contribution in [0.2, 0.25) is 0 Å². The van der Waals surface area contributed by atoms with Crippen molar-refractivity contribution in [2.75, 3.05) is 11.9 Å². The summed E-state index contributed by atoms with van der Waals surface area (Å²) in [4.78, 5) is 17.2. The molecule has 4 rings (SSSR count). The lowest BCUT2D eigenvalue weighted by Crippen LogP contribution is -2.42. The van der Waals surface area contributed by atoms with Gasteiger partial charge in [0, 0.05) is 17.8 Å². The van der Waals surface area contributed by atoms with E-state index in [1.807, 2.05) is 32.0 Å². The van der Waals surface area contributed by atoms with Gasteiger partial charge in [0.1, 0.15) is 6.17 Å². The number of aromatic amines is 1. The first-order valence-corrected chi connectivity index (χ1v) is 10.8. The summed E-state index contributed by atoms with van der Waals surface area (Å²) in [7, 11) is 0. The Kier molecular flexibility index (Phi) is 6.24. The number of rotatable bonds is 8. The quantitative estimate of drug-likeness (QED) is 0.309. The summed E-state index contributed by atoms with van der Waals surface area (Å²) in [6.45, 7) is 6.28. The van der Waals surface area contributed by atoms with E-state index in [9.17, 15) is 14.3 Å². The third-order valence-corrected chi connectivity index (χ3v) is 5.17. The lowest BCUT2D eigenvalue weighted by molar-refractivity contribution is -0.00177. The Bertz CT molecular complexity index is 1300. The number of carbonyl (C=O) groups is 1. The van der Waals surface area contributed by atoms with Gasteiger partial charge in [-0.1, -0.05) is 0 Å². The first-order valence-electron chi connectivity index (χ1n) is 10.8. The number of H-pyrrole nitrogens is 1. The van der Waals surface area contributed by atoms with E-state index in [1.54, 1.807) is 16.8 Å². The van der Waals surface area contributed by atoms with Gasteiger partial charge in [0.15, 0.2) is 0 Å². The summed E-state index contributed by atoms with van der Waals surface area (Å²) in [5.41, 5.74) is 2.10. The second-order valence-electron chi connectivity index (χ2n) is 8.78. The van der Waals surface area contributed by atoms with Gasteiger partial charge in [0.2, 0.25) is 5.82 Å². The number of hydrogen-bond donors (Lipinski definition) is 4. The molecule has 0 radical (unpaired) electrons. The maximum atomic E-state index is 14.1. The number of amides is 1. The maximum absolute atomic E-state index is 14.1. The molecule has 0 aliphatic heterocycles. The Labute approximate surface area is 194 Å². The van der Waals surface area contributed by atoms with E-state index in [-0.39, 0.29) is 18.2 Å².